The number of morpholine rings is 1. The van der Waals surface area contributed by atoms with Crippen molar-refractivity contribution in [1.82, 2.24) is 14.8 Å². The topological polar surface area (TPSA) is 48.6 Å². The fraction of sp³-hybridized carbons (Fsp3) is 0.450. The Balaban J connectivity index is 1.57. The van der Waals surface area contributed by atoms with Gasteiger partial charge in [-0.2, -0.15) is 0 Å². The van der Waals surface area contributed by atoms with Crippen LogP contribution in [0.2, 0.25) is 0 Å². The number of hydrogen-bond donors (Lipinski definition) is 1. The minimum absolute atomic E-state index is 0.0801. The van der Waals surface area contributed by atoms with Gasteiger partial charge in [-0.3, -0.25) is 9.69 Å². The van der Waals surface area contributed by atoms with Gasteiger partial charge >= 0.3 is 0 Å². The van der Waals surface area contributed by atoms with Crippen LogP contribution in [0, 0.1) is 5.92 Å². The van der Waals surface area contributed by atoms with Crippen LogP contribution in [0.15, 0.2) is 28.9 Å². The van der Waals surface area contributed by atoms with E-state index in [-0.39, 0.29) is 11.8 Å². The number of benzene rings is 1. The summed E-state index contributed by atoms with van der Waals surface area (Å²) < 4.78 is 6.48. The number of nitrogens with zero attached hydrogens (tertiary/aromatic N) is 2. The maximum atomic E-state index is 13.1. The number of carbonyl (C=O) groups excluding carboxylic acids is 1. The lowest BCUT2D eigenvalue weighted by Crippen LogP contribution is -2.49. The van der Waals surface area contributed by atoms with Crippen LogP contribution < -0.4 is 0 Å². The first-order chi connectivity index (χ1) is 12.6. The molecule has 1 N–H and O–H groups in total. The number of aromatic nitrogens is 1. The summed E-state index contributed by atoms with van der Waals surface area (Å²) in [7, 11) is 2.14. The lowest BCUT2D eigenvalue weighted by atomic mass is 9.79. The largest absolute Gasteiger partial charge is 0.378 e. The van der Waals surface area contributed by atoms with Crippen LogP contribution in [-0.2, 0) is 16.0 Å². The zero-order valence-corrected chi connectivity index (χ0v) is 16.4. The fourth-order valence-electron chi connectivity index (χ4n) is 4.67. The molecule has 1 unspecified atom stereocenters. The van der Waals surface area contributed by atoms with E-state index in [0.29, 0.717) is 32.3 Å². The number of hydrogen-bond acceptors (Lipinski definition) is 3. The highest BCUT2D eigenvalue weighted by molar-refractivity contribution is 9.10. The van der Waals surface area contributed by atoms with E-state index in [1.54, 1.807) is 0 Å². The van der Waals surface area contributed by atoms with Gasteiger partial charge in [0.1, 0.15) is 0 Å². The average Bonchev–Trinajstić information content (AvgIpc) is 2.99. The Morgan fingerprint density at radius 3 is 2.92 bits per heavy atom. The molecule has 26 heavy (non-hydrogen) atoms. The van der Waals surface area contributed by atoms with E-state index in [4.69, 9.17) is 4.74 Å². The molecule has 1 aliphatic carbocycles. The summed E-state index contributed by atoms with van der Waals surface area (Å²) >= 11 is 3.70. The van der Waals surface area contributed by atoms with Gasteiger partial charge in [0.2, 0.25) is 5.91 Å². The Hall–Kier alpha value is -1.63. The van der Waals surface area contributed by atoms with Crippen LogP contribution in [0.25, 0.3) is 16.5 Å². The highest BCUT2D eigenvalue weighted by Crippen LogP contribution is 2.43. The van der Waals surface area contributed by atoms with Crippen molar-refractivity contribution in [2.75, 3.05) is 39.9 Å². The molecule has 3 heterocycles. The summed E-state index contributed by atoms with van der Waals surface area (Å²) in [6.07, 6.45) is 3.21. The Bertz CT molecular complexity index is 913. The fourth-order valence-corrected chi connectivity index (χ4v) is 5.24. The summed E-state index contributed by atoms with van der Waals surface area (Å²) in [5, 5.41) is 1.30. The maximum Gasteiger partial charge on any atom is 0.230 e. The van der Waals surface area contributed by atoms with E-state index in [1.807, 2.05) is 4.90 Å². The van der Waals surface area contributed by atoms with Crippen molar-refractivity contribution >= 4 is 38.3 Å². The molecule has 0 spiro atoms. The number of aromatic amines is 1. The van der Waals surface area contributed by atoms with Gasteiger partial charge < -0.3 is 14.6 Å². The van der Waals surface area contributed by atoms with E-state index >= 15 is 0 Å². The van der Waals surface area contributed by atoms with Gasteiger partial charge in [-0.15, -0.1) is 0 Å². The summed E-state index contributed by atoms with van der Waals surface area (Å²) in [6, 6.07) is 6.74. The number of halogens is 1. The Morgan fingerprint density at radius 2 is 2.12 bits per heavy atom. The standard InChI is InChI=1S/C20H22BrN3O2/c1-23-11-12(20(25)24-5-7-26-8-6-24)9-14-13-3-2-4-16-18(13)15(10-17(14)23)19(21)22-16/h2-4,9,12,17,22H,5-8,10-11H2,1H3/t12-,17?/m1/s1. The third-order valence-corrected chi connectivity index (χ3v) is 6.66. The summed E-state index contributed by atoms with van der Waals surface area (Å²) in [5.41, 5.74) is 5.08. The number of amides is 1. The number of rotatable bonds is 1. The van der Waals surface area contributed by atoms with Gasteiger partial charge in [0.15, 0.2) is 0 Å². The van der Waals surface area contributed by atoms with Crippen molar-refractivity contribution < 1.29 is 9.53 Å². The van der Waals surface area contributed by atoms with E-state index < -0.39 is 0 Å². The van der Waals surface area contributed by atoms with Crippen LogP contribution in [0.1, 0.15) is 11.1 Å². The third kappa shape index (κ3) is 2.47. The highest BCUT2D eigenvalue weighted by Gasteiger charge is 2.37. The minimum Gasteiger partial charge on any atom is -0.378 e. The number of nitrogens with one attached hydrogen (secondary N) is 1. The van der Waals surface area contributed by atoms with Gasteiger partial charge in [-0.25, -0.2) is 0 Å². The molecular formula is C20H22BrN3O2. The van der Waals surface area contributed by atoms with Gasteiger partial charge in [0.25, 0.3) is 0 Å². The zero-order chi connectivity index (χ0) is 17.8. The molecule has 0 bridgehead atoms. The molecule has 3 aliphatic rings. The van der Waals surface area contributed by atoms with Crippen LogP contribution in [0.4, 0.5) is 0 Å². The molecule has 2 aromatic rings. The van der Waals surface area contributed by atoms with E-state index in [0.717, 1.165) is 23.1 Å². The van der Waals surface area contributed by atoms with Crippen molar-refractivity contribution in [3.63, 3.8) is 0 Å². The Labute approximate surface area is 161 Å². The molecule has 1 aromatic heterocycles. The SMILES string of the molecule is CN1C[C@H](C(=O)N2CCOCC2)C=C2c3cccc4[nH]c(Br)c(c34)CC21. The smallest absolute Gasteiger partial charge is 0.230 e. The van der Waals surface area contributed by atoms with Gasteiger partial charge in [0, 0.05) is 36.6 Å². The van der Waals surface area contributed by atoms with Gasteiger partial charge in [-0.05, 0) is 52.2 Å². The van der Waals surface area contributed by atoms with Crippen molar-refractivity contribution in [1.29, 1.82) is 0 Å². The van der Waals surface area contributed by atoms with Crippen molar-refractivity contribution in [2.24, 2.45) is 5.92 Å². The Morgan fingerprint density at radius 1 is 1.31 bits per heavy atom. The van der Waals surface area contributed by atoms with Crippen LogP contribution >= 0.6 is 15.9 Å². The predicted molar refractivity (Wildman–Crippen MR) is 105 cm³/mol. The van der Waals surface area contributed by atoms with E-state index in [1.165, 1.54) is 22.1 Å². The predicted octanol–water partition coefficient (Wildman–Crippen LogP) is 2.66. The first-order valence-corrected chi connectivity index (χ1v) is 10.0. The second kappa shape index (κ2) is 6.22. The molecule has 1 fully saturated rings. The third-order valence-electron chi connectivity index (χ3n) is 5.98. The van der Waals surface area contributed by atoms with Gasteiger partial charge in [0.05, 0.1) is 23.7 Å². The normalized spacial score (nSPS) is 25.9. The molecule has 136 valence electrons. The molecule has 1 saturated heterocycles. The highest BCUT2D eigenvalue weighted by atomic mass is 79.9. The lowest BCUT2D eigenvalue weighted by Gasteiger charge is -2.41. The number of fused-ring (bicyclic) bond motifs is 2. The summed E-state index contributed by atoms with van der Waals surface area (Å²) in [6.45, 7) is 3.48. The number of ether oxygens (including phenoxy) is 1. The molecule has 0 radical (unpaired) electrons. The van der Waals surface area contributed by atoms with Crippen LogP contribution in [0.3, 0.4) is 0 Å². The summed E-state index contributed by atoms with van der Waals surface area (Å²) in [4.78, 5) is 20.8. The molecule has 2 atom stereocenters. The minimum atomic E-state index is -0.0801. The molecule has 5 nitrogen and oxygen atoms in total. The van der Waals surface area contributed by atoms with E-state index in [9.17, 15) is 4.79 Å². The maximum absolute atomic E-state index is 13.1. The molecule has 1 amide bonds. The average molecular weight is 416 g/mol. The molecule has 5 rings (SSSR count). The van der Waals surface area contributed by atoms with Crippen molar-refractivity contribution in [3.8, 4) is 0 Å². The van der Waals surface area contributed by atoms with Crippen molar-refractivity contribution in [2.45, 2.75) is 12.5 Å². The number of likely N-dealkylation sites (N-methyl/N-ethyl adjacent to an activating group) is 1. The molecule has 2 aliphatic heterocycles. The Kier molecular flexibility index (Phi) is 3.95. The monoisotopic (exact) mass is 415 g/mol. The number of carbonyl (C=O) groups is 1. The summed E-state index contributed by atoms with van der Waals surface area (Å²) in [5.74, 6) is 0.155. The first kappa shape index (κ1) is 16.5. The lowest BCUT2D eigenvalue weighted by molar-refractivity contribution is -0.138. The second-order valence-corrected chi connectivity index (χ2v) is 8.26. The molecule has 6 heteroatoms. The van der Waals surface area contributed by atoms with E-state index in [2.05, 4.69) is 57.1 Å². The van der Waals surface area contributed by atoms with Gasteiger partial charge in [-0.1, -0.05) is 18.2 Å². The van der Waals surface area contributed by atoms with Crippen LogP contribution in [-0.4, -0.2) is 66.6 Å². The first-order valence-electron chi connectivity index (χ1n) is 9.21. The second-order valence-electron chi connectivity index (χ2n) is 7.47. The quantitative estimate of drug-likeness (QED) is 0.778. The molecular weight excluding hydrogens is 394 g/mol. The van der Waals surface area contributed by atoms with Crippen LogP contribution in [0.5, 0.6) is 0 Å². The number of H-pyrrole nitrogens is 1. The molecule has 1 aromatic carbocycles. The molecule has 0 saturated carbocycles. The zero-order valence-electron chi connectivity index (χ0n) is 14.8. The van der Waals surface area contributed by atoms with Crippen molar-refractivity contribution in [3.05, 3.63) is 40.0 Å².